The molecule has 1 aliphatic rings. The van der Waals surface area contributed by atoms with Gasteiger partial charge in [-0.25, -0.2) is 4.99 Å². The van der Waals surface area contributed by atoms with E-state index in [0.29, 0.717) is 0 Å². The summed E-state index contributed by atoms with van der Waals surface area (Å²) >= 11 is 0. The molecule has 1 aliphatic heterocycles. The minimum absolute atomic E-state index is 0.0694. The third-order valence-electron chi connectivity index (χ3n) is 0.989. The number of aliphatic imine (C=N–C) groups is 1. The molecule has 0 aromatic rings. The van der Waals surface area contributed by atoms with Gasteiger partial charge in [-0.15, -0.1) is 0 Å². The van der Waals surface area contributed by atoms with Crippen LogP contribution in [0.3, 0.4) is 0 Å². The molecule has 0 aromatic heterocycles. The monoisotopic (exact) mass is 100 g/mol. The van der Waals surface area contributed by atoms with E-state index in [-0.39, 0.29) is 12.3 Å². The second-order valence-corrected chi connectivity index (χ2v) is 1.59. The first kappa shape index (κ1) is 4.59. The molecular formula is C4H8N2O. The van der Waals surface area contributed by atoms with Crippen molar-refractivity contribution in [2.45, 2.75) is 19.2 Å². The number of nitrogens with zero attached hydrogens (tertiary/aromatic N) is 1. The first-order valence-electron chi connectivity index (χ1n) is 2.23. The Morgan fingerprint density at radius 1 is 1.86 bits per heavy atom. The highest BCUT2D eigenvalue weighted by atomic mass is 16.5. The summed E-state index contributed by atoms with van der Waals surface area (Å²) in [7, 11) is 0. The second-order valence-electron chi connectivity index (χ2n) is 1.59. The zero-order valence-corrected chi connectivity index (χ0v) is 4.16. The van der Waals surface area contributed by atoms with Crippen LogP contribution in [0.1, 0.15) is 6.92 Å². The number of hydrogen-bond donors (Lipinski definition) is 1. The van der Waals surface area contributed by atoms with Crippen LogP contribution in [0, 0.1) is 0 Å². The Labute approximate surface area is 42.2 Å². The van der Waals surface area contributed by atoms with E-state index in [1.54, 1.807) is 0 Å². The van der Waals surface area contributed by atoms with Gasteiger partial charge >= 0.3 is 0 Å². The molecule has 40 valence electrons. The lowest BCUT2D eigenvalue weighted by molar-refractivity contribution is 0.223. The summed E-state index contributed by atoms with van der Waals surface area (Å²) < 4.78 is 4.85. The van der Waals surface area contributed by atoms with Crippen LogP contribution in [-0.4, -0.2) is 18.7 Å². The van der Waals surface area contributed by atoms with Crippen molar-refractivity contribution in [2.24, 2.45) is 10.7 Å². The van der Waals surface area contributed by atoms with Crippen molar-refractivity contribution < 1.29 is 4.74 Å². The highest BCUT2D eigenvalue weighted by Gasteiger charge is 2.14. The molecule has 0 saturated carbocycles. The van der Waals surface area contributed by atoms with Crippen LogP contribution in [0.2, 0.25) is 0 Å². The van der Waals surface area contributed by atoms with Crippen LogP contribution in [0.15, 0.2) is 4.99 Å². The van der Waals surface area contributed by atoms with E-state index in [9.17, 15) is 0 Å². The summed E-state index contributed by atoms with van der Waals surface area (Å²) in [5.41, 5.74) is 5.36. The van der Waals surface area contributed by atoms with Gasteiger partial charge in [-0.2, -0.15) is 0 Å². The molecule has 1 unspecified atom stereocenters. The summed E-state index contributed by atoms with van der Waals surface area (Å²) in [5, 5.41) is 0. The topological polar surface area (TPSA) is 47.6 Å². The van der Waals surface area contributed by atoms with Crippen molar-refractivity contribution in [3.63, 3.8) is 0 Å². The van der Waals surface area contributed by atoms with Crippen LogP contribution < -0.4 is 5.73 Å². The van der Waals surface area contributed by atoms with Gasteiger partial charge in [0.15, 0.2) is 6.40 Å². The number of nitrogens with two attached hydrogens (primary N) is 1. The number of rotatable bonds is 0. The fourth-order valence-corrected chi connectivity index (χ4v) is 0.403. The third-order valence-corrected chi connectivity index (χ3v) is 0.989. The van der Waals surface area contributed by atoms with Crippen LogP contribution in [0.4, 0.5) is 0 Å². The highest BCUT2D eigenvalue weighted by molar-refractivity contribution is 5.49. The van der Waals surface area contributed by atoms with Crippen LogP contribution >= 0.6 is 0 Å². The van der Waals surface area contributed by atoms with E-state index >= 15 is 0 Å². The Balaban J connectivity index is 2.45. The molecule has 0 bridgehead atoms. The average Bonchev–Trinajstić information content (AvgIpc) is 1.91. The van der Waals surface area contributed by atoms with E-state index in [1.807, 2.05) is 6.92 Å². The lowest BCUT2D eigenvalue weighted by Crippen LogP contribution is -2.26. The minimum Gasteiger partial charge on any atom is -0.477 e. The molecule has 0 amide bonds. The van der Waals surface area contributed by atoms with E-state index < -0.39 is 0 Å². The number of ether oxygens (including phenoxy) is 1. The lowest BCUT2D eigenvalue weighted by atomic mass is 10.3. The molecule has 3 heteroatoms. The molecule has 3 nitrogen and oxygen atoms in total. The summed E-state index contributed by atoms with van der Waals surface area (Å²) in [4.78, 5) is 3.75. The predicted molar refractivity (Wildman–Crippen MR) is 27.0 cm³/mol. The van der Waals surface area contributed by atoms with Crippen molar-refractivity contribution in [3.05, 3.63) is 0 Å². The van der Waals surface area contributed by atoms with Crippen LogP contribution in [0.25, 0.3) is 0 Å². The largest absolute Gasteiger partial charge is 0.477 e. The quantitative estimate of drug-likeness (QED) is 0.455. The predicted octanol–water partition coefficient (Wildman–Crippen LogP) is -0.282. The molecule has 0 aromatic carbocycles. The summed E-state index contributed by atoms with van der Waals surface area (Å²) in [6.07, 6.45) is 1.33. The van der Waals surface area contributed by atoms with E-state index in [0.717, 1.165) is 0 Å². The Morgan fingerprint density at radius 2 is 2.57 bits per heavy atom. The molecule has 1 heterocycles. The van der Waals surface area contributed by atoms with E-state index in [2.05, 4.69) is 4.99 Å². The normalized spacial score (nSPS) is 38.6. The molecule has 2 atom stereocenters. The van der Waals surface area contributed by atoms with Gasteiger partial charge in [0.05, 0.1) is 0 Å². The summed E-state index contributed by atoms with van der Waals surface area (Å²) in [5.74, 6) is 0. The first-order chi connectivity index (χ1) is 3.30. The molecule has 0 fully saturated rings. The smallest absolute Gasteiger partial charge is 0.171 e. The van der Waals surface area contributed by atoms with E-state index in [1.165, 1.54) is 6.40 Å². The zero-order chi connectivity index (χ0) is 5.28. The molecule has 1 rings (SSSR count). The Morgan fingerprint density at radius 3 is 2.71 bits per heavy atom. The molecule has 0 saturated heterocycles. The SMILES string of the molecule is C[C@@H]1OC=NC1N. The fourth-order valence-electron chi connectivity index (χ4n) is 0.403. The van der Waals surface area contributed by atoms with Crippen LogP contribution in [-0.2, 0) is 4.74 Å². The van der Waals surface area contributed by atoms with Gasteiger partial charge in [-0.3, -0.25) is 0 Å². The van der Waals surface area contributed by atoms with Crippen molar-refractivity contribution in [2.75, 3.05) is 0 Å². The Kier molecular flexibility index (Phi) is 0.982. The summed E-state index contributed by atoms with van der Waals surface area (Å²) in [6, 6.07) is 0. The Hall–Kier alpha value is -0.570. The van der Waals surface area contributed by atoms with Crippen LogP contribution in [0.5, 0.6) is 0 Å². The molecule has 0 spiro atoms. The van der Waals surface area contributed by atoms with Gasteiger partial charge in [0.1, 0.15) is 12.3 Å². The summed E-state index contributed by atoms with van der Waals surface area (Å²) in [6.45, 7) is 1.89. The second kappa shape index (κ2) is 1.50. The molecule has 0 radical (unpaired) electrons. The van der Waals surface area contributed by atoms with Crippen molar-refractivity contribution in [1.82, 2.24) is 0 Å². The number of hydrogen-bond acceptors (Lipinski definition) is 3. The van der Waals surface area contributed by atoms with Crippen molar-refractivity contribution in [3.8, 4) is 0 Å². The van der Waals surface area contributed by atoms with Gasteiger partial charge < -0.3 is 10.5 Å². The van der Waals surface area contributed by atoms with E-state index in [4.69, 9.17) is 10.5 Å². The van der Waals surface area contributed by atoms with Gasteiger partial charge in [-0.05, 0) is 6.92 Å². The van der Waals surface area contributed by atoms with Gasteiger partial charge in [-0.1, -0.05) is 0 Å². The lowest BCUT2D eigenvalue weighted by Gasteiger charge is -2.03. The average molecular weight is 100 g/mol. The third kappa shape index (κ3) is 0.718. The zero-order valence-electron chi connectivity index (χ0n) is 4.16. The molecule has 2 N–H and O–H groups in total. The van der Waals surface area contributed by atoms with Gasteiger partial charge in [0.2, 0.25) is 0 Å². The molecular weight excluding hydrogens is 92.1 g/mol. The maximum Gasteiger partial charge on any atom is 0.171 e. The maximum atomic E-state index is 5.36. The van der Waals surface area contributed by atoms with Crippen molar-refractivity contribution in [1.29, 1.82) is 0 Å². The van der Waals surface area contributed by atoms with Gasteiger partial charge in [0.25, 0.3) is 0 Å². The highest BCUT2D eigenvalue weighted by Crippen LogP contribution is 2.00. The van der Waals surface area contributed by atoms with Crippen molar-refractivity contribution >= 4 is 6.40 Å². The minimum atomic E-state index is -0.139. The molecule has 0 aliphatic carbocycles. The van der Waals surface area contributed by atoms with Gasteiger partial charge in [0, 0.05) is 0 Å². The first-order valence-corrected chi connectivity index (χ1v) is 2.23. The maximum absolute atomic E-state index is 5.36. The Bertz CT molecular complexity index is 91.7. The fraction of sp³-hybridized carbons (Fsp3) is 0.750. The standard InChI is InChI=1S/C4H8N2O/c1-3-4(5)6-2-7-3/h2-4H,5H2,1H3/t3-,4?/m0/s1. The molecule has 7 heavy (non-hydrogen) atoms.